The van der Waals surface area contributed by atoms with Crippen LogP contribution in [0.3, 0.4) is 0 Å². The first-order chi connectivity index (χ1) is 8.54. The molecule has 1 aromatic carbocycles. The third kappa shape index (κ3) is 4.37. The van der Waals surface area contributed by atoms with Crippen LogP contribution in [-0.4, -0.2) is 24.9 Å². The van der Waals surface area contributed by atoms with E-state index >= 15 is 0 Å². The lowest BCUT2D eigenvalue weighted by molar-refractivity contribution is -0.120. The van der Waals surface area contributed by atoms with Gasteiger partial charge in [-0.3, -0.25) is 9.59 Å². The summed E-state index contributed by atoms with van der Waals surface area (Å²) in [7, 11) is 0. The molecule has 98 valence electrons. The summed E-state index contributed by atoms with van der Waals surface area (Å²) >= 11 is 3.89. The van der Waals surface area contributed by atoms with Gasteiger partial charge in [-0.25, -0.2) is 4.39 Å². The summed E-state index contributed by atoms with van der Waals surface area (Å²) in [5.41, 5.74) is 0.317. The minimum atomic E-state index is -0.475. The summed E-state index contributed by atoms with van der Waals surface area (Å²) in [6, 6.07) is 3.90. The number of hydrogen-bond acceptors (Lipinski definition) is 3. The standard InChI is InChI=1S/C12H15FN2O2S/c1-2-14-11(16)5-6-15-12(17)8-3-4-9(13)10(18)7-8/h3-4,7,18H,2,5-6H2,1H3,(H,14,16)(H,15,17). The van der Waals surface area contributed by atoms with Crippen molar-refractivity contribution in [1.29, 1.82) is 0 Å². The Hall–Kier alpha value is -1.56. The molecule has 4 nitrogen and oxygen atoms in total. The second kappa shape index (κ2) is 7.00. The second-order valence-electron chi connectivity index (χ2n) is 3.63. The van der Waals surface area contributed by atoms with E-state index in [2.05, 4.69) is 23.3 Å². The molecule has 0 aromatic heterocycles. The fraction of sp³-hybridized carbons (Fsp3) is 0.333. The highest BCUT2D eigenvalue weighted by molar-refractivity contribution is 7.80. The van der Waals surface area contributed by atoms with Crippen molar-refractivity contribution >= 4 is 24.4 Å². The maximum Gasteiger partial charge on any atom is 0.251 e. The van der Waals surface area contributed by atoms with Crippen LogP contribution >= 0.6 is 12.6 Å². The molecule has 0 unspecified atom stereocenters. The van der Waals surface area contributed by atoms with Crippen LogP contribution in [0.15, 0.2) is 23.1 Å². The number of carbonyl (C=O) groups excluding carboxylic acids is 2. The molecule has 0 saturated heterocycles. The maximum absolute atomic E-state index is 12.9. The second-order valence-corrected chi connectivity index (χ2v) is 4.11. The highest BCUT2D eigenvalue weighted by Gasteiger charge is 2.08. The summed E-state index contributed by atoms with van der Waals surface area (Å²) in [6.45, 7) is 2.63. The van der Waals surface area contributed by atoms with Crippen LogP contribution in [0.1, 0.15) is 23.7 Å². The van der Waals surface area contributed by atoms with Gasteiger partial charge < -0.3 is 10.6 Å². The first-order valence-corrected chi connectivity index (χ1v) is 6.02. The van der Waals surface area contributed by atoms with Crippen LogP contribution in [0, 0.1) is 5.82 Å². The SMILES string of the molecule is CCNC(=O)CCNC(=O)c1ccc(F)c(S)c1. The first-order valence-electron chi connectivity index (χ1n) is 5.58. The van der Waals surface area contributed by atoms with E-state index in [-0.39, 0.29) is 29.7 Å². The average molecular weight is 270 g/mol. The van der Waals surface area contributed by atoms with Gasteiger partial charge in [0.25, 0.3) is 5.91 Å². The molecule has 0 saturated carbocycles. The highest BCUT2D eigenvalue weighted by Crippen LogP contribution is 2.13. The quantitative estimate of drug-likeness (QED) is 0.708. The van der Waals surface area contributed by atoms with Crippen LogP contribution in [0.4, 0.5) is 4.39 Å². The molecule has 0 spiro atoms. The molecule has 2 amide bonds. The average Bonchev–Trinajstić information content (AvgIpc) is 2.33. The molecule has 18 heavy (non-hydrogen) atoms. The molecule has 0 radical (unpaired) electrons. The van der Waals surface area contributed by atoms with Gasteiger partial charge in [0.2, 0.25) is 5.91 Å². The molecule has 0 bridgehead atoms. The highest BCUT2D eigenvalue weighted by atomic mass is 32.1. The number of thiol groups is 1. The predicted molar refractivity (Wildman–Crippen MR) is 69.3 cm³/mol. The van der Waals surface area contributed by atoms with Gasteiger partial charge in [-0.1, -0.05) is 0 Å². The zero-order chi connectivity index (χ0) is 13.5. The minimum absolute atomic E-state index is 0.117. The maximum atomic E-state index is 12.9. The van der Waals surface area contributed by atoms with Crippen molar-refractivity contribution in [1.82, 2.24) is 10.6 Å². The number of carbonyl (C=O) groups is 2. The van der Waals surface area contributed by atoms with E-state index in [4.69, 9.17) is 0 Å². The topological polar surface area (TPSA) is 58.2 Å². The van der Waals surface area contributed by atoms with Crippen molar-refractivity contribution in [2.75, 3.05) is 13.1 Å². The summed E-state index contributed by atoms with van der Waals surface area (Å²) in [5.74, 6) is -0.946. The first kappa shape index (κ1) is 14.5. The predicted octanol–water partition coefficient (Wildman–Crippen LogP) is 1.37. The van der Waals surface area contributed by atoms with Crippen LogP contribution in [0.5, 0.6) is 0 Å². The summed E-state index contributed by atoms with van der Waals surface area (Å²) in [4.78, 5) is 22.9. The molecule has 2 N–H and O–H groups in total. The Balaban J connectivity index is 2.45. The Morgan fingerprint density at radius 3 is 2.67 bits per heavy atom. The molecule has 0 aliphatic heterocycles. The Labute approximate surface area is 110 Å². The molecule has 0 aliphatic rings. The van der Waals surface area contributed by atoms with E-state index in [0.717, 1.165) is 0 Å². The largest absolute Gasteiger partial charge is 0.356 e. The van der Waals surface area contributed by atoms with Gasteiger partial charge in [-0.2, -0.15) is 0 Å². The lowest BCUT2D eigenvalue weighted by Crippen LogP contribution is -2.30. The van der Waals surface area contributed by atoms with E-state index in [1.54, 1.807) is 0 Å². The fourth-order valence-corrected chi connectivity index (χ4v) is 1.54. The molecule has 1 aromatic rings. The van der Waals surface area contributed by atoms with Gasteiger partial charge in [0.15, 0.2) is 0 Å². The van der Waals surface area contributed by atoms with Gasteiger partial charge >= 0.3 is 0 Å². The number of hydrogen-bond donors (Lipinski definition) is 3. The Morgan fingerprint density at radius 2 is 2.06 bits per heavy atom. The smallest absolute Gasteiger partial charge is 0.251 e. The third-order valence-electron chi connectivity index (χ3n) is 2.22. The molecule has 0 aliphatic carbocycles. The van der Waals surface area contributed by atoms with Gasteiger partial charge in [-0.15, -0.1) is 12.6 Å². The number of nitrogens with one attached hydrogen (secondary N) is 2. The summed E-state index contributed by atoms with van der Waals surface area (Å²) in [5, 5.41) is 5.20. The van der Waals surface area contributed by atoms with E-state index in [1.165, 1.54) is 18.2 Å². The van der Waals surface area contributed by atoms with E-state index < -0.39 is 5.82 Å². The van der Waals surface area contributed by atoms with Crippen LogP contribution in [0.25, 0.3) is 0 Å². The molecular formula is C12H15FN2O2S. The molecule has 0 heterocycles. The van der Waals surface area contributed by atoms with Crippen molar-refractivity contribution in [3.8, 4) is 0 Å². The molecule has 0 atom stereocenters. The normalized spacial score (nSPS) is 9.94. The zero-order valence-corrected chi connectivity index (χ0v) is 10.9. The molecular weight excluding hydrogens is 255 g/mol. The van der Waals surface area contributed by atoms with Gasteiger partial charge in [0.05, 0.1) is 0 Å². The van der Waals surface area contributed by atoms with Crippen molar-refractivity contribution in [3.05, 3.63) is 29.6 Å². The summed E-state index contributed by atoms with van der Waals surface area (Å²) < 4.78 is 12.9. The van der Waals surface area contributed by atoms with Crippen molar-refractivity contribution in [2.45, 2.75) is 18.2 Å². The monoisotopic (exact) mass is 270 g/mol. The Bertz CT molecular complexity index is 452. The minimum Gasteiger partial charge on any atom is -0.356 e. The summed E-state index contributed by atoms with van der Waals surface area (Å²) in [6.07, 6.45) is 0.217. The van der Waals surface area contributed by atoms with Crippen molar-refractivity contribution < 1.29 is 14.0 Å². The van der Waals surface area contributed by atoms with Gasteiger partial charge in [-0.05, 0) is 25.1 Å². The number of amides is 2. The number of halogens is 1. The Kier molecular flexibility index (Phi) is 5.64. The van der Waals surface area contributed by atoms with E-state index in [9.17, 15) is 14.0 Å². The van der Waals surface area contributed by atoms with Gasteiger partial charge in [0, 0.05) is 30.0 Å². The number of benzene rings is 1. The van der Waals surface area contributed by atoms with Crippen LogP contribution in [-0.2, 0) is 4.79 Å². The van der Waals surface area contributed by atoms with Crippen LogP contribution < -0.4 is 10.6 Å². The van der Waals surface area contributed by atoms with E-state index in [0.29, 0.717) is 12.1 Å². The van der Waals surface area contributed by atoms with Crippen molar-refractivity contribution in [2.24, 2.45) is 0 Å². The Morgan fingerprint density at radius 1 is 1.33 bits per heavy atom. The zero-order valence-electron chi connectivity index (χ0n) is 10.00. The molecule has 6 heteroatoms. The number of rotatable bonds is 5. The fourth-order valence-electron chi connectivity index (χ4n) is 1.33. The lowest BCUT2D eigenvalue weighted by atomic mass is 10.2. The molecule has 1 rings (SSSR count). The van der Waals surface area contributed by atoms with Gasteiger partial charge in [0.1, 0.15) is 5.82 Å². The third-order valence-corrected chi connectivity index (χ3v) is 2.56. The van der Waals surface area contributed by atoms with E-state index in [1.807, 2.05) is 6.92 Å². The van der Waals surface area contributed by atoms with Crippen molar-refractivity contribution in [3.63, 3.8) is 0 Å². The lowest BCUT2D eigenvalue weighted by Gasteiger charge is -2.06. The molecule has 0 fully saturated rings. The van der Waals surface area contributed by atoms with Crippen LogP contribution in [0.2, 0.25) is 0 Å².